The van der Waals surface area contributed by atoms with Gasteiger partial charge in [-0.25, -0.2) is 0 Å². The monoisotopic (exact) mass is 799 g/mol. The first-order valence-corrected chi connectivity index (χ1v) is 21.7. The average molecular weight is 800 g/mol. The van der Waals surface area contributed by atoms with Gasteiger partial charge in [0.05, 0.1) is 0 Å². The van der Waals surface area contributed by atoms with Crippen LogP contribution in [0.2, 0.25) is 0 Å². The van der Waals surface area contributed by atoms with E-state index < -0.39 is 0 Å². The molecule has 0 radical (unpaired) electrons. The molecule has 12 aromatic carbocycles. The summed E-state index contributed by atoms with van der Waals surface area (Å²) in [6, 6.07) is 91.0. The first-order valence-electron chi connectivity index (χ1n) is 21.7. The third-order valence-electron chi connectivity index (χ3n) is 12.8. The predicted octanol–water partition coefficient (Wildman–Crippen LogP) is 17.6. The molecule has 0 saturated heterocycles. The van der Waals surface area contributed by atoms with Crippen molar-refractivity contribution in [2.24, 2.45) is 0 Å². The molecule has 63 heavy (non-hydrogen) atoms. The summed E-state index contributed by atoms with van der Waals surface area (Å²) >= 11 is 0. The molecule has 0 aliphatic carbocycles. The van der Waals surface area contributed by atoms with Gasteiger partial charge in [-0.1, -0.05) is 200 Å². The predicted molar refractivity (Wildman–Crippen MR) is 270 cm³/mol. The second-order valence-corrected chi connectivity index (χ2v) is 16.5. The first-order chi connectivity index (χ1) is 31.2. The molecule has 1 nitrogen and oxygen atoms in total. The zero-order chi connectivity index (χ0) is 41.7. The van der Waals surface area contributed by atoms with Crippen molar-refractivity contribution < 1.29 is 0 Å². The molecule has 12 rings (SSSR count). The fraction of sp³-hybridized carbons (Fsp3) is 0. The number of hydrogen-bond donors (Lipinski definition) is 0. The van der Waals surface area contributed by atoms with Gasteiger partial charge in [-0.2, -0.15) is 0 Å². The zero-order valence-electron chi connectivity index (χ0n) is 34.6. The van der Waals surface area contributed by atoms with E-state index in [9.17, 15) is 0 Å². The van der Waals surface area contributed by atoms with Crippen molar-refractivity contribution in [2.45, 2.75) is 0 Å². The van der Waals surface area contributed by atoms with Gasteiger partial charge in [-0.15, -0.1) is 0 Å². The summed E-state index contributed by atoms with van der Waals surface area (Å²) in [5.41, 5.74) is 12.9. The molecule has 12 aromatic rings. The molecule has 0 aromatic heterocycles. The Bertz CT molecular complexity index is 3670. The van der Waals surface area contributed by atoms with E-state index in [1.165, 1.54) is 98.4 Å². The van der Waals surface area contributed by atoms with Crippen LogP contribution in [0.25, 0.3) is 98.4 Å². The Morgan fingerprint density at radius 1 is 0.190 bits per heavy atom. The van der Waals surface area contributed by atoms with Gasteiger partial charge in [-0.3, -0.25) is 0 Å². The summed E-state index contributed by atoms with van der Waals surface area (Å²) in [5.74, 6) is 0. The van der Waals surface area contributed by atoms with Gasteiger partial charge in [0.25, 0.3) is 0 Å². The second-order valence-electron chi connectivity index (χ2n) is 16.5. The Labute approximate surface area is 367 Å². The molecule has 294 valence electrons. The van der Waals surface area contributed by atoms with Crippen LogP contribution < -0.4 is 4.90 Å². The van der Waals surface area contributed by atoms with Gasteiger partial charge < -0.3 is 4.90 Å². The van der Waals surface area contributed by atoms with E-state index in [-0.39, 0.29) is 0 Å². The maximum absolute atomic E-state index is 2.39. The summed E-state index contributed by atoms with van der Waals surface area (Å²) in [7, 11) is 0. The van der Waals surface area contributed by atoms with Crippen molar-refractivity contribution in [1.29, 1.82) is 0 Å². The summed E-state index contributed by atoms with van der Waals surface area (Å²) in [6.07, 6.45) is 0. The second kappa shape index (κ2) is 15.3. The molecule has 0 N–H and O–H groups in total. The third-order valence-corrected chi connectivity index (χ3v) is 12.8. The molecule has 0 aliphatic rings. The molecule has 0 bridgehead atoms. The van der Waals surface area contributed by atoms with Crippen LogP contribution >= 0.6 is 0 Å². The normalized spacial score (nSPS) is 11.5. The van der Waals surface area contributed by atoms with Gasteiger partial charge in [-0.05, 0) is 147 Å². The molecular weight excluding hydrogens is 759 g/mol. The number of fused-ring (bicyclic) bond motifs is 7. The van der Waals surface area contributed by atoms with Crippen LogP contribution in [0.1, 0.15) is 0 Å². The Hall–Kier alpha value is -8.26. The van der Waals surface area contributed by atoms with Crippen molar-refractivity contribution in [3.63, 3.8) is 0 Å². The first kappa shape index (κ1) is 36.6. The maximum atomic E-state index is 2.39. The topological polar surface area (TPSA) is 3.24 Å². The molecule has 0 heterocycles. The third kappa shape index (κ3) is 6.50. The van der Waals surface area contributed by atoms with Gasteiger partial charge in [0, 0.05) is 17.1 Å². The molecule has 0 spiro atoms. The lowest BCUT2D eigenvalue weighted by Gasteiger charge is -2.27. The number of anilines is 3. The Kier molecular flexibility index (Phi) is 8.90. The minimum atomic E-state index is 1.09. The molecule has 0 saturated carbocycles. The highest BCUT2D eigenvalue weighted by molar-refractivity contribution is 6.14. The fourth-order valence-corrected chi connectivity index (χ4v) is 9.78. The molecule has 0 fully saturated rings. The molecular formula is C62H41N. The van der Waals surface area contributed by atoms with Crippen molar-refractivity contribution in [2.75, 3.05) is 4.90 Å². The van der Waals surface area contributed by atoms with E-state index in [0.717, 1.165) is 17.1 Å². The van der Waals surface area contributed by atoms with E-state index in [0.29, 0.717) is 0 Å². The average Bonchev–Trinajstić information content (AvgIpc) is 3.36. The lowest BCUT2D eigenvalue weighted by Crippen LogP contribution is -2.10. The molecule has 0 aliphatic heterocycles. The van der Waals surface area contributed by atoms with Crippen molar-refractivity contribution in [1.82, 2.24) is 0 Å². The summed E-state index contributed by atoms with van der Waals surface area (Å²) in [6.45, 7) is 0. The highest BCUT2D eigenvalue weighted by atomic mass is 15.1. The van der Waals surface area contributed by atoms with Crippen LogP contribution in [-0.4, -0.2) is 0 Å². The SMILES string of the molecule is c1cc(-c2ccc(N(c3ccc(-c4cc5ccccc5c5ccccc45)cc3)c3cccc(-c4cccc5c4ccc4ccccc45)c3)cc2)cc(-c2cccc3ccccc23)c1. The van der Waals surface area contributed by atoms with E-state index >= 15 is 0 Å². The lowest BCUT2D eigenvalue weighted by atomic mass is 9.93. The zero-order valence-corrected chi connectivity index (χ0v) is 34.6. The Morgan fingerprint density at radius 3 is 1.38 bits per heavy atom. The standard InChI is InChI=1S/C62H41N/c1-4-21-53-43(13-1)16-11-26-55(53)47-18-9-17-46(39-47)42-29-34-50(35-30-42)63(51-36-31-45(32-37-51)62-41-49-15-3-6-23-56(49)58-24-7-8-25-60(58)62)52-20-10-19-48(40-52)57-27-12-28-59-54-22-5-2-14-44(54)33-38-61(57)59/h1-41H. The van der Waals surface area contributed by atoms with Gasteiger partial charge >= 0.3 is 0 Å². The maximum Gasteiger partial charge on any atom is 0.0467 e. The van der Waals surface area contributed by atoms with E-state index in [1.54, 1.807) is 0 Å². The van der Waals surface area contributed by atoms with Crippen molar-refractivity contribution in [3.05, 3.63) is 249 Å². The molecule has 0 unspecified atom stereocenters. The summed E-state index contributed by atoms with van der Waals surface area (Å²) < 4.78 is 0. The smallest absolute Gasteiger partial charge is 0.0467 e. The molecule has 0 atom stereocenters. The van der Waals surface area contributed by atoms with Crippen LogP contribution in [0, 0.1) is 0 Å². The van der Waals surface area contributed by atoms with E-state index in [1.807, 2.05) is 0 Å². The number of benzene rings is 12. The lowest BCUT2D eigenvalue weighted by molar-refractivity contribution is 1.28. The van der Waals surface area contributed by atoms with Gasteiger partial charge in [0.15, 0.2) is 0 Å². The van der Waals surface area contributed by atoms with Gasteiger partial charge in [0.2, 0.25) is 0 Å². The number of rotatable bonds is 7. The summed E-state index contributed by atoms with van der Waals surface area (Å²) in [5, 5.41) is 12.6. The Morgan fingerprint density at radius 2 is 0.651 bits per heavy atom. The molecule has 1 heteroatoms. The highest BCUT2D eigenvalue weighted by Crippen LogP contribution is 2.42. The minimum Gasteiger partial charge on any atom is -0.310 e. The van der Waals surface area contributed by atoms with E-state index in [2.05, 4.69) is 254 Å². The van der Waals surface area contributed by atoms with Crippen LogP contribution in [0.15, 0.2) is 249 Å². The Balaban J connectivity index is 0.968. The highest BCUT2D eigenvalue weighted by Gasteiger charge is 2.17. The summed E-state index contributed by atoms with van der Waals surface area (Å²) in [4.78, 5) is 2.39. The van der Waals surface area contributed by atoms with E-state index in [4.69, 9.17) is 0 Å². The van der Waals surface area contributed by atoms with Crippen LogP contribution in [0.3, 0.4) is 0 Å². The van der Waals surface area contributed by atoms with Crippen molar-refractivity contribution in [3.8, 4) is 44.5 Å². The fourth-order valence-electron chi connectivity index (χ4n) is 9.78. The number of nitrogens with zero attached hydrogens (tertiary/aromatic N) is 1. The van der Waals surface area contributed by atoms with Gasteiger partial charge in [0.1, 0.15) is 0 Å². The van der Waals surface area contributed by atoms with Crippen LogP contribution in [-0.2, 0) is 0 Å². The minimum absolute atomic E-state index is 1.09. The van der Waals surface area contributed by atoms with Crippen LogP contribution in [0.5, 0.6) is 0 Å². The quantitative estimate of drug-likeness (QED) is 0.145. The number of hydrogen-bond acceptors (Lipinski definition) is 1. The van der Waals surface area contributed by atoms with Crippen molar-refractivity contribution >= 4 is 70.9 Å². The van der Waals surface area contributed by atoms with Crippen LogP contribution in [0.4, 0.5) is 17.1 Å². The molecule has 0 amide bonds. The largest absolute Gasteiger partial charge is 0.310 e.